The van der Waals surface area contributed by atoms with Gasteiger partial charge in [0.15, 0.2) is 0 Å². The van der Waals surface area contributed by atoms with Gasteiger partial charge < -0.3 is 0 Å². The molecule has 2 aromatic carbocycles. The zero-order chi connectivity index (χ0) is 16.7. The van der Waals surface area contributed by atoms with Gasteiger partial charge in [-0.1, -0.05) is 30.3 Å². The molecule has 5 heteroatoms. The lowest BCUT2D eigenvalue weighted by atomic mass is 10.0. The molecule has 2 aromatic heterocycles. The van der Waals surface area contributed by atoms with Crippen LogP contribution in [0.4, 0.5) is 4.39 Å². The average Bonchev–Trinajstić information content (AvgIpc) is 2.93. The molecule has 0 amide bonds. The minimum Gasteiger partial charge on any atom is -0.290 e. The summed E-state index contributed by atoms with van der Waals surface area (Å²) in [6, 6.07) is 15.6. The quantitative estimate of drug-likeness (QED) is 0.610. The average molecular weight is 319 g/mol. The van der Waals surface area contributed by atoms with Gasteiger partial charge >= 0.3 is 0 Å². The van der Waals surface area contributed by atoms with E-state index < -0.39 is 0 Å². The number of halogens is 1. The van der Waals surface area contributed by atoms with Crippen LogP contribution in [0.3, 0.4) is 0 Å². The lowest BCUT2D eigenvalue weighted by molar-refractivity contribution is 0.627. The first-order chi connectivity index (χ1) is 11.6. The van der Waals surface area contributed by atoms with Crippen molar-refractivity contribution in [1.82, 2.24) is 14.8 Å². The number of hydrogen-bond donors (Lipinski definition) is 1. The Morgan fingerprint density at radius 2 is 1.75 bits per heavy atom. The molecule has 24 heavy (non-hydrogen) atoms. The highest BCUT2D eigenvalue weighted by Crippen LogP contribution is 2.28. The highest BCUT2D eigenvalue weighted by atomic mass is 19.1. The molecule has 0 spiro atoms. The Balaban J connectivity index is 2.02. The summed E-state index contributed by atoms with van der Waals surface area (Å²) in [4.78, 5) is 17.1. The van der Waals surface area contributed by atoms with Gasteiger partial charge in [-0.2, -0.15) is 0 Å². The number of fused-ring (bicyclic) bond motifs is 1. The van der Waals surface area contributed by atoms with Gasteiger partial charge in [0.25, 0.3) is 5.56 Å². The number of hydrogen-bond acceptors (Lipinski definition) is 2. The molecule has 0 aliphatic rings. The van der Waals surface area contributed by atoms with Crippen molar-refractivity contribution in [3.05, 3.63) is 82.7 Å². The lowest BCUT2D eigenvalue weighted by Gasteiger charge is -2.06. The second-order valence-corrected chi connectivity index (χ2v) is 5.60. The number of aromatic amines is 1. The van der Waals surface area contributed by atoms with Gasteiger partial charge in [0.05, 0.1) is 16.6 Å². The maximum absolute atomic E-state index is 13.1. The van der Waals surface area contributed by atoms with Crippen molar-refractivity contribution in [2.24, 2.45) is 0 Å². The molecular weight excluding hydrogens is 305 g/mol. The van der Waals surface area contributed by atoms with E-state index in [0.717, 1.165) is 22.3 Å². The maximum atomic E-state index is 13.1. The standard InChI is InChI=1S/C19H14FN3O/c1-12-17(13-5-3-2-4-6-13)18-16(11-21-12)19(24)23(22-18)15-9-7-14(20)8-10-15/h2-11,22H,1H3. The Morgan fingerprint density at radius 1 is 1.04 bits per heavy atom. The Hall–Kier alpha value is -3.21. The number of aromatic nitrogens is 3. The summed E-state index contributed by atoms with van der Waals surface area (Å²) in [6.07, 6.45) is 1.58. The van der Waals surface area contributed by atoms with Crippen LogP contribution >= 0.6 is 0 Å². The third-order valence-corrected chi connectivity index (χ3v) is 4.07. The predicted octanol–water partition coefficient (Wildman–Crippen LogP) is 3.83. The van der Waals surface area contributed by atoms with Crippen LogP contribution < -0.4 is 5.56 Å². The van der Waals surface area contributed by atoms with Crippen LogP contribution in [0.2, 0.25) is 0 Å². The minimum absolute atomic E-state index is 0.207. The number of H-pyrrole nitrogens is 1. The van der Waals surface area contributed by atoms with Crippen molar-refractivity contribution >= 4 is 10.9 Å². The number of rotatable bonds is 2. The second-order valence-electron chi connectivity index (χ2n) is 5.60. The highest BCUT2D eigenvalue weighted by molar-refractivity contribution is 5.94. The summed E-state index contributed by atoms with van der Waals surface area (Å²) in [5.41, 5.74) is 3.81. The molecule has 2 heterocycles. The van der Waals surface area contributed by atoms with Gasteiger partial charge in [0.2, 0.25) is 0 Å². The molecule has 4 rings (SSSR count). The number of nitrogens with zero attached hydrogens (tertiary/aromatic N) is 2. The van der Waals surface area contributed by atoms with E-state index in [2.05, 4.69) is 10.1 Å². The zero-order valence-electron chi connectivity index (χ0n) is 13.0. The Bertz CT molecular complexity index is 1080. The molecule has 0 atom stereocenters. The molecule has 0 aliphatic heterocycles. The number of pyridine rings is 1. The van der Waals surface area contributed by atoms with Gasteiger partial charge in [0, 0.05) is 17.5 Å². The van der Waals surface area contributed by atoms with Crippen molar-refractivity contribution < 1.29 is 4.39 Å². The van der Waals surface area contributed by atoms with Crippen LogP contribution in [0.15, 0.2) is 65.6 Å². The predicted molar refractivity (Wildman–Crippen MR) is 91.8 cm³/mol. The summed E-state index contributed by atoms with van der Waals surface area (Å²) in [7, 11) is 0. The second kappa shape index (κ2) is 5.45. The van der Waals surface area contributed by atoms with Crippen LogP contribution in [0.25, 0.3) is 27.7 Å². The highest BCUT2D eigenvalue weighted by Gasteiger charge is 2.15. The third kappa shape index (κ3) is 2.22. The molecule has 4 aromatic rings. The van der Waals surface area contributed by atoms with E-state index in [1.54, 1.807) is 18.3 Å². The first-order valence-electron chi connectivity index (χ1n) is 7.57. The smallest absolute Gasteiger partial charge is 0.280 e. The normalized spacial score (nSPS) is 11.1. The van der Waals surface area contributed by atoms with Gasteiger partial charge in [0.1, 0.15) is 5.82 Å². The van der Waals surface area contributed by atoms with Crippen molar-refractivity contribution in [2.45, 2.75) is 6.92 Å². The van der Waals surface area contributed by atoms with Gasteiger partial charge in [-0.15, -0.1) is 0 Å². The summed E-state index contributed by atoms with van der Waals surface area (Å²) in [5.74, 6) is -0.342. The summed E-state index contributed by atoms with van der Waals surface area (Å²) in [5, 5.41) is 3.65. The van der Waals surface area contributed by atoms with E-state index in [1.165, 1.54) is 16.8 Å². The van der Waals surface area contributed by atoms with Crippen LogP contribution in [0, 0.1) is 12.7 Å². The monoisotopic (exact) mass is 319 g/mol. The molecule has 118 valence electrons. The first-order valence-corrected chi connectivity index (χ1v) is 7.57. The van der Waals surface area contributed by atoms with Crippen molar-refractivity contribution in [1.29, 1.82) is 0 Å². The summed E-state index contributed by atoms with van der Waals surface area (Å²) in [6.45, 7) is 1.91. The number of aryl methyl sites for hydroxylation is 1. The first kappa shape index (κ1) is 14.4. The fourth-order valence-corrected chi connectivity index (χ4v) is 2.90. The van der Waals surface area contributed by atoms with E-state index >= 15 is 0 Å². The SMILES string of the molecule is Cc1ncc2c(=O)n(-c3ccc(F)cc3)[nH]c2c1-c1ccccc1. The topological polar surface area (TPSA) is 50.7 Å². The molecule has 0 saturated carbocycles. The molecule has 4 nitrogen and oxygen atoms in total. The van der Waals surface area contributed by atoms with E-state index in [1.807, 2.05) is 37.3 Å². The molecule has 0 fully saturated rings. The molecule has 1 N–H and O–H groups in total. The van der Waals surface area contributed by atoms with Crippen LogP contribution in [-0.4, -0.2) is 14.8 Å². The molecule has 0 saturated heterocycles. The number of benzene rings is 2. The minimum atomic E-state index is -0.342. The molecule has 0 bridgehead atoms. The van der Waals surface area contributed by atoms with Crippen LogP contribution in [0.1, 0.15) is 5.69 Å². The van der Waals surface area contributed by atoms with Gasteiger partial charge in [-0.25, -0.2) is 9.07 Å². The molecular formula is C19H14FN3O. The molecule has 0 aliphatic carbocycles. The van der Waals surface area contributed by atoms with Gasteiger partial charge in [-0.3, -0.25) is 14.9 Å². The Morgan fingerprint density at radius 3 is 2.46 bits per heavy atom. The summed E-state index contributed by atoms with van der Waals surface area (Å²) >= 11 is 0. The van der Waals surface area contributed by atoms with Gasteiger partial charge in [-0.05, 0) is 36.8 Å². The Labute approximate surface area is 137 Å². The molecule has 0 radical (unpaired) electrons. The van der Waals surface area contributed by atoms with E-state index in [4.69, 9.17) is 0 Å². The zero-order valence-corrected chi connectivity index (χ0v) is 13.0. The van der Waals surface area contributed by atoms with Crippen LogP contribution in [0.5, 0.6) is 0 Å². The maximum Gasteiger partial charge on any atom is 0.280 e. The Kier molecular flexibility index (Phi) is 3.27. The fraction of sp³-hybridized carbons (Fsp3) is 0.0526. The fourth-order valence-electron chi connectivity index (χ4n) is 2.90. The van der Waals surface area contributed by atoms with Crippen molar-refractivity contribution in [3.63, 3.8) is 0 Å². The molecule has 0 unspecified atom stereocenters. The summed E-state index contributed by atoms with van der Waals surface area (Å²) < 4.78 is 14.6. The van der Waals surface area contributed by atoms with Crippen molar-refractivity contribution in [2.75, 3.05) is 0 Å². The number of nitrogens with one attached hydrogen (secondary N) is 1. The largest absolute Gasteiger partial charge is 0.290 e. The van der Waals surface area contributed by atoms with Crippen molar-refractivity contribution in [3.8, 4) is 16.8 Å². The lowest BCUT2D eigenvalue weighted by Crippen LogP contribution is -2.14. The van der Waals surface area contributed by atoms with E-state index in [-0.39, 0.29) is 11.4 Å². The van der Waals surface area contributed by atoms with Crippen LogP contribution in [-0.2, 0) is 0 Å². The van der Waals surface area contributed by atoms with E-state index in [9.17, 15) is 9.18 Å². The van der Waals surface area contributed by atoms with E-state index in [0.29, 0.717) is 11.1 Å². The third-order valence-electron chi connectivity index (χ3n) is 4.07.